The number of unbranched alkanes of at least 4 members (excludes halogenated alkanes) is 2. The molecule has 0 unspecified atom stereocenters. The first-order valence-electron chi connectivity index (χ1n) is 5.55. The average molecular weight is 205 g/mol. The van der Waals surface area contributed by atoms with Gasteiger partial charge in [0.2, 0.25) is 0 Å². The largest absolute Gasteiger partial charge is 0.396 e. The molecule has 1 rings (SSSR count). The van der Waals surface area contributed by atoms with Crippen molar-refractivity contribution in [2.24, 2.45) is 5.16 Å². The van der Waals surface area contributed by atoms with Gasteiger partial charge in [-0.2, -0.15) is 0 Å². The molecular weight excluding hydrogens is 186 g/mol. The summed E-state index contributed by atoms with van der Waals surface area (Å²) in [6, 6.07) is 8.21. The fourth-order valence-electron chi connectivity index (χ4n) is 1.22. The number of benzene rings is 1. The molecule has 0 spiro atoms. The van der Waals surface area contributed by atoms with Crippen LogP contribution in [0, 0.1) is 6.92 Å². The molecule has 0 saturated heterocycles. The minimum Gasteiger partial charge on any atom is -0.396 e. The Balaban J connectivity index is 2.23. The maximum Gasteiger partial charge on any atom is 0.117 e. The summed E-state index contributed by atoms with van der Waals surface area (Å²) in [5.74, 6) is 0. The Morgan fingerprint density at radius 3 is 2.60 bits per heavy atom. The van der Waals surface area contributed by atoms with Crippen LogP contribution in [0.3, 0.4) is 0 Å². The minimum absolute atomic E-state index is 0.718. The van der Waals surface area contributed by atoms with Crippen LogP contribution in [-0.4, -0.2) is 12.8 Å². The first-order chi connectivity index (χ1) is 7.33. The third-order valence-corrected chi connectivity index (χ3v) is 2.19. The molecule has 0 bridgehead atoms. The molecule has 0 amide bonds. The van der Waals surface area contributed by atoms with E-state index in [4.69, 9.17) is 4.84 Å². The molecule has 15 heavy (non-hydrogen) atoms. The van der Waals surface area contributed by atoms with E-state index in [1.165, 1.54) is 18.4 Å². The molecule has 2 heteroatoms. The average Bonchev–Trinajstić information content (AvgIpc) is 2.26. The van der Waals surface area contributed by atoms with Crippen LogP contribution < -0.4 is 0 Å². The van der Waals surface area contributed by atoms with Gasteiger partial charge < -0.3 is 4.84 Å². The number of oxime groups is 1. The van der Waals surface area contributed by atoms with Crippen molar-refractivity contribution in [1.82, 2.24) is 0 Å². The van der Waals surface area contributed by atoms with Crippen LogP contribution in [0.5, 0.6) is 0 Å². The van der Waals surface area contributed by atoms with Crippen LogP contribution in [0.2, 0.25) is 0 Å². The van der Waals surface area contributed by atoms with Crippen molar-refractivity contribution in [3.05, 3.63) is 35.4 Å². The van der Waals surface area contributed by atoms with Crippen LogP contribution in [0.4, 0.5) is 0 Å². The van der Waals surface area contributed by atoms with Crippen LogP contribution in [0.25, 0.3) is 0 Å². The van der Waals surface area contributed by atoms with Gasteiger partial charge in [0.25, 0.3) is 0 Å². The highest BCUT2D eigenvalue weighted by atomic mass is 16.6. The minimum atomic E-state index is 0.718. The van der Waals surface area contributed by atoms with Gasteiger partial charge in [-0.15, -0.1) is 0 Å². The lowest BCUT2D eigenvalue weighted by Gasteiger charge is -1.97. The van der Waals surface area contributed by atoms with E-state index in [2.05, 4.69) is 31.1 Å². The zero-order chi connectivity index (χ0) is 10.9. The Morgan fingerprint density at radius 2 is 1.93 bits per heavy atom. The highest BCUT2D eigenvalue weighted by molar-refractivity contribution is 5.78. The van der Waals surface area contributed by atoms with Crippen LogP contribution in [-0.2, 0) is 4.84 Å². The summed E-state index contributed by atoms with van der Waals surface area (Å²) in [6.07, 6.45) is 5.26. The summed E-state index contributed by atoms with van der Waals surface area (Å²) in [5.41, 5.74) is 2.34. The summed E-state index contributed by atoms with van der Waals surface area (Å²) >= 11 is 0. The van der Waals surface area contributed by atoms with Crippen molar-refractivity contribution in [3.8, 4) is 0 Å². The van der Waals surface area contributed by atoms with E-state index in [1.54, 1.807) is 6.21 Å². The van der Waals surface area contributed by atoms with E-state index in [0.29, 0.717) is 0 Å². The predicted molar refractivity (Wildman–Crippen MR) is 64.3 cm³/mol. The quantitative estimate of drug-likeness (QED) is 0.395. The van der Waals surface area contributed by atoms with Gasteiger partial charge in [-0.05, 0) is 18.9 Å². The van der Waals surface area contributed by atoms with Crippen molar-refractivity contribution in [3.63, 3.8) is 0 Å². The Labute approximate surface area is 91.9 Å². The number of rotatable bonds is 6. The lowest BCUT2D eigenvalue weighted by molar-refractivity contribution is 0.141. The monoisotopic (exact) mass is 205 g/mol. The molecule has 1 aromatic carbocycles. The van der Waals surface area contributed by atoms with E-state index >= 15 is 0 Å². The van der Waals surface area contributed by atoms with Crippen LogP contribution in [0.1, 0.15) is 37.3 Å². The zero-order valence-electron chi connectivity index (χ0n) is 9.57. The van der Waals surface area contributed by atoms with Gasteiger partial charge in [-0.3, -0.25) is 0 Å². The lowest BCUT2D eigenvalue weighted by Crippen LogP contribution is -1.89. The highest BCUT2D eigenvalue weighted by Gasteiger charge is 1.88. The van der Waals surface area contributed by atoms with Crippen LogP contribution in [0.15, 0.2) is 29.4 Å². The molecule has 0 saturated carbocycles. The standard InChI is InChI=1S/C13H19NO/c1-3-4-5-10-15-14-11-13-8-6-12(2)7-9-13/h6-9,11H,3-5,10H2,1-2H3. The SMILES string of the molecule is CCCCCON=Cc1ccc(C)cc1. The second-order valence-electron chi connectivity index (χ2n) is 3.69. The van der Waals surface area contributed by atoms with E-state index < -0.39 is 0 Å². The summed E-state index contributed by atoms with van der Waals surface area (Å²) in [4.78, 5) is 5.14. The van der Waals surface area contributed by atoms with E-state index in [1.807, 2.05) is 12.1 Å². The molecule has 0 aliphatic heterocycles. The number of nitrogens with zero attached hydrogens (tertiary/aromatic N) is 1. The molecular formula is C13H19NO. The molecule has 0 fully saturated rings. The van der Waals surface area contributed by atoms with Gasteiger partial charge in [0.1, 0.15) is 6.61 Å². The smallest absolute Gasteiger partial charge is 0.117 e. The molecule has 82 valence electrons. The molecule has 0 atom stereocenters. The highest BCUT2D eigenvalue weighted by Crippen LogP contribution is 2.00. The van der Waals surface area contributed by atoms with Gasteiger partial charge in [0, 0.05) is 0 Å². The van der Waals surface area contributed by atoms with E-state index in [0.717, 1.165) is 18.6 Å². The lowest BCUT2D eigenvalue weighted by atomic mass is 10.2. The molecule has 0 aliphatic carbocycles. The van der Waals surface area contributed by atoms with Crippen molar-refractivity contribution < 1.29 is 4.84 Å². The van der Waals surface area contributed by atoms with Crippen molar-refractivity contribution in [2.45, 2.75) is 33.1 Å². The maximum absolute atomic E-state index is 5.14. The number of aryl methyl sites for hydroxylation is 1. The summed E-state index contributed by atoms with van der Waals surface area (Å²) in [7, 11) is 0. The summed E-state index contributed by atoms with van der Waals surface area (Å²) < 4.78 is 0. The van der Waals surface area contributed by atoms with E-state index in [9.17, 15) is 0 Å². The normalized spacial score (nSPS) is 10.8. The molecule has 1 aromatic rings. The van der Waals surface area contributed by atoms with Gasteiger partial charge >= 0.3 is 0 Å². The van der Waals surface area contributed by atoms with Gasteiger partial charge in [0.15, 0.2) is 0 Å². The first-order valence-corrected chi connectivity index (χ1v) is 5.55. The van der Waals surface area contributed by atoms with Crippen molar-refractivity contribution in [1.29, 1.82) is 0 Å². The Kier molecular flexibility index (Phi) is 5.52. The molecule has 0 heterocycles. The fraction of sp³-hybridized carbons (Fsp3) is 0.462. The molecule has 0 aromatic heterocycles. The summed E-state index contributed by atoms with van der Waals surface area (Å²) in [5, 5.41) is 3.92. The number of hydrogen-bond donors (Lipinski definition) is 0. The Morgan fingerprint density at radius 1 is 1.20 bits per heavy atom. The van der Waals surface area contributed by atoms with Crippen LogP contribution >= 0.6 is 0 Å². The molecule has 0 N–H and O–H groups in total. The van der Waals surface area contributed by atoms with Gasteiger partial charge in [0.05, 0.1) is 6.21 Å². The molecule has 0 aliphatic rings. The second kappa shape index (κ2) is 7.04. The predicted octanol–water partition coefficient (Wildman–Crippen LogP) is 3.54. The summed E-state index contributed by atoms with van der Waals surface area (Å²) in [6.45, 7) is 4.97. The molecule has 0 radical (unpaired) electrons. The Bertz CT molecular complexity index is 290. The van der Waals surface area contributed by atoms with Crippen molar-refractivity contribution >= 4 is 6.21 Å². The van der Waals surface area contributed by atoms with E-state index in [-0.39, 0.29) is 0 Å². The zero-order valence-corrected chi connectivity index (χ0v) is 9.57. The second-order valence-corrected chi connectivity index (χ2v) is 3.69. The fourth-order valence-corrected chi connectivity index (χ4v) is 1.22. The third kappa shape index (κ3) is 5.21. The van der Waals surface area contributed by atoms with Crippen molar-refractivity contribution in [2.75, 3.05) is 6.61 Å². The topological polar surface area (TPSA) is 21.6 Å². The first kappa shape index (κ1) is 11.8. The van der Waals surface area contributed by atoms with Gasteiger partial charge in [-0.1, -0.05) is 54.8 Å². The Hall–Kier alpha value is -1.31. The third-order valence-electron chi connectivity index (χ3n) is 2.19. The number of hydrogen-bond acceptors (Lipinski definition) is 2. The van der Waals surface area contributed by atoms with Gasteiger partial charge in [-0.25, -0.2) is 0 Å². The maximum atomic E-state index is 5.14. The molecule has 2 nitrogen and oxygen atoms in total.